The lowest BCUT2D eigenvalue weighted by molar-refractivity contribution is -0.132. The van der Waals surface area contributed by atoms with E-state index in [2.05, 4.69) is 37.0 Å². The van der Waals surface area contributed by atoms with Crippen LogP contribution in [0.15, 0.2) is 18.2 Å². The lowest BCUT2D eigenvalue weighted by atomic mass is 10.0. The molecule has 20 heavy (non-hydrogen) atoms. The van der Waals surface area contributed by atoms with Crippen molar-refractivity contribution in [2.75, 3.05) is 6.54 Å². The van der Waals surface area contributed by atoms with Crippen LogP contribution in [-0.2, 0) is 17.8 Å². The number of aryl methyl sites for hydroxylation is 1. The smallest absolute Gasteiger partial charge is 0.222 e. The Kier molecular flexibility index (Phi) is 3.51. The quantitative estimate of drug-likeness (QED) is 0.909. The summed E-state index contributed by atoms with van der Waals surface area (Å²) in [5, 5.41) is 1.29. The Labute approximate surface area is 120 Å². The molecule has 3 heteroatoms. The van der Waals surface area contributed by atoms with Crippen LogP contribution in [0.2, 0.25) is 0 Å². The molecule has 1 amide bonds. The number of nitrogens with zero attached hydrogens (tertiary/aromatic N) is 1. The highest BCUT2D eigenvalue weighted by atomic mass is 16.2. The van der Waals surface area contributed by atoms with Gasteiger partial charge in [-0.25, -0.2) is 0 Å². The molecule has 3 rings (SSSR count). The number of fused-ring (bicyclic) bond motifs is 3. The van der Waals surface area contributed by atoms with Crippen LogP contribution in [0, 0.1) is 6.92 Å². The fourth-order valence-electron chi connectivity index (χ4n) is 3.03. The predicted molar refractivity (Wildman–Crippen MR) is 81.7 cm³/mol. The number of hydrogen-bond acceptors (Lipinski definition) is 1. The molecule has 0 spiro atoms. The lowest BCUT2D eigenvalue weighted by Gasteiger charge is -2.27. The number of aromatic amines is 1. The van der Waals surface area contributed by atoms with Crippen molar-refractivity contribution in [1.29, 1.82) is 0 Å². The van der Waals surface area contributed by atoms with E-state index in [1.54, 1.807) is 0 Å². The first-order valence-electron chi connectivity index (χ1n) is 7.57. The highest BCUT2D eigenvalue weighted by Gasteiger charge is 2.23. The number of carbonyl (C=O) groups is 1. The summed E-state index contributed by atoms with van der Waals surface area (Å²) in [6.07, 6.45) is 3.71. The number of hydrogen-bond donors (Lipinski definition) is 1. The Balaban J connectivity index is 1.88. The number of H-pyrrole nitrogens is 1. The maximum Gasteiger partial charge on any atom is 0.222 e. The van der Waals surface area contributed by atoms with Crippen LogP contribution >= 0.6 is 0 Å². The van der Waals surface area contributed by atoms with Gasteiger partial charge < -0.3 is 9.88 Å². The SMILES string of the molecule is CCCCC(=O)N1CCc2[nH]c3ccc(C)cc3c2C1. The van der Waals surface area contributed by atoms with Gasteiger partial charge in [-0.05, 0) is 25.5 Å². The molecule has 2 aromatic rings. The molecular formula is C17H22N2O. The zero-order chi connectivity index (χ0) is 14.1. The van der Waals surface area contributed by atoms with Gasteiger partial charge in [-0.15, -0.1) is 0 Å². The Bertz CT molecular complexity index is 642. The van der Waals surface area contributed by atoms with Crippen LogP contribution in [0.4, 0.5) is 0 Å². The summed E-state index contributed by atoms with van der Waals surface area (Å²) in [4.78, 5) is 17.7. The third-order valence-electron chi connectivity index (χ3n) is 4.23. The lowest BCUT2D eigenvalue weighted by Crippen LogP contribution is -2.35. The summed E-state index contributed by atoms with van der Waals surface area (Å²) < 4.78 is 0. The second kappa shape index (κ2) is 5.31. The largest absolute Gasteiger partial charge is 0.358 e. The van der Waals surface area contributed by atoms with Gasteiger partial charge in [0.25, 0.3) is 0 Å². The Morgan fingerprint density at radius 2 is 2.25 bits per heavy atom. The van der Waals surface area contributed by atoms with E-state index in [0.29, 0.717) is 12.3 Å². The minimum atomic E-state index is 0.305. The average Bonchev–Trinajstić information content (AvgIpc) is 2.82. The summed E-state index contributed by atoms with van der Waals surface area (Å²) in [6, 6.07) is 6.51. The van der Waals surface area contributed by atoms with E-state index in [1.807, 2.05) is 4.90 Å². The zero-order valence-corrected chi connectivity index (χ0v) is 12.3. The van der Waals surface area contributed by atoms with Gasteiger partial charge in [0.15, 0.2) is 0 Å². The predicted octanol–water partition coefficient (Wildman–Crippen LogP) is 3.55. The standard InChI is InChI=1S/C17H22N2O/c1-3-4-5-17(20)19-9-8-16-14(11-19)13-10-12(2)6-7-15(13)18-16/h6-7,10,18H,3-5,8-9,11H2,1-2H3. The van der Waals surface area contributed by atoms with E-state index in [1.165, 1.54) is 27.7 Å². The molecule has 1 N–H and O–H groups in total. The van der Waals surface area contributed by atoms with Crippen molar-refractivity contribution in [3.8, 4) is 0 Å². The topological polar surface area (TPSA) is 36.1 Å². The summed E-state index contributed by atoms with van der Waals surface area (Å²) >= 11 is 0. The highest BCUT2D eigenvalue weighted by Crippen LogP contribution is 2.28. The van der Waals surface area contributed by atoms with Gasteiger partial charge in [-0.1, -0.05) is 25.0 Å². The van der Waals surface area contributed by atoms with Crippen LogP contribution in [0.5, 0.6) is 0 Å². The van der Waals surface area contributed by atoms with Gasteiger partial charge in [0.05, 0.1) is 0 Å². The van der Waals surface area contributed by atoms with E-state index in [4.69, 9.17) is 0 Å². The number of aromatic nitrogens is 1. The molecule has 0 aliphatic carbocycles. The van der Waals surface area contributed by atoms with Crippen LogP contribution in [0.3, 0.4) is 0 Å². The van der Waals surface area contributed by atoms with Crippen molar-refractivity contribution >= 4 is 16.8 Å². The van der Waals surface area contributed by atoms with E-state index < -0.39 is 0 Å². The van der Waals surface area contributed by atoms with Gasteiger partial charge in [0.1, 0.15) is 0 Å². The molecule has 1 aliphatic rings. The Morgan fingerprint density at radius 1 is 1.40 bits per heavy atom. The second-order valence-corrected chi connectivity index (χ2v) is 5.80. The van der Waals surface area contributed by atoms with Crippen LogP contribution in [0.1, 0.15) is 43.0 Å². The van der Waals surface area contributed by atoms with Crippen molar-refractivity contribution in [1.82, 2.24) is 9.88 Å². The molecule has 2 heterocycles. The number of amides is 1. The number of carbonyl (C=O) groups excluding carboxylic acids is 1. The first-order chi connectivity index (χ1) is 9.69. The number of unbranched alkanes of at least 4 members (excludes halogenated alkanes) is 1. The van der Waals surface area contributed by atoms with E-state index in [0.717, 1.165) is 32.4 Å². The molecule has 1 aromatic heterocycles. The van der Waals surface area contributed by atoms with E-state index >= 15 is 0 Å². The number of nitrogens with one attached hydrogen (secondary N) is 1. The molecule has 0 atom stereocenters. The Morgan fingerprint density at radius 3 is 3.05 bits per heavy atom. The van der Waals surface area contributed by atoms with Gasteiger partial charge in [-0.2, -0.15) is 0 Å². The molecular weight excluding hydrogens is 248 g/mol. The first-order valence-corrected chi connectivity index (χ1v) is 7.57. The molecule has 3 nitrogen and oxygen atoms in total. The Hall–Kier alpha value is -1.77. The first kappa shape index (κ1) is 13.2. The summed E-state index contributed by atoms with van der Waals surface area (Å²) in [5.41, 5.74) is 5.10. The maximum atomic E-state index is 12.2. The molecule has 0 unspecified atom stereocenters. The van der Waals surface area contributed by atoms with Crippen LogP contribution in [-0.4, -0.2) is 22.3 Å². The normalized spacial score (nSPS) is 14.6. The van der Waals surface area contributed by atoms with Gasteiger partial charge in [0, 0.05) is 48.1 Å². The van der Waals surface area contributed by atoms with E-state index in [-0.39, 0.29) is 0 Å². The van der Waals surface area contributed by atoms with Crippen LogP contribution in [0.25, 0.3) is 10.9 Å². The van der Waals surface area contributed by atoms with Crippen LogP contribution < -0.4 is 0 Å². The molecule has 106 valence electrons. The molecule has 0 saturated heterocycles. The van der Waals surface area contributed by atoms with Gasteiger partial charge in [0.2, 0.25) is 5.91 Å². The van der Waals surface area contributed by atoms with Crippen molar-refractivity contribution in [3.63, 3.8) is 0 Å². The van der Waals surface area contributed by atoms with Crippen molar-refractivity contribution in [3.05, 3.63) is 35.0 Å². The highest BCUT2D eigenvalue weighted by molar-refractivity contribution is 5.86. The van der Waals surface area contributed by atoms with Gasteiger partial charge >= 0.3 is 0 Å². The monoisotopic (exact) mass is 270 g/mol. The fourth-order valence-corrected chi connectivity index (χ4v) is 3.03. The number of benzene rings is 1. The molecule has 0 fully saturated rings. The van der Waals surface area contributed by atoms with E-state index in [9.17, 15) is 4.79 Å². The minimum Gasteiger partial charge on any atom is -0.358 e. The third-order valence-corrected chi connectivity index (χ3v) is 4.23. The van der Waals surface area contributed by atoms with Gasteiger partial charge in [-0.3, -0.25) is 4.79 Å². The van der Waals surface area contributed by atoms with Crippen molar-refractivity contribution in [2.24, 2.45) is 0 Å². The summed E-state index contributed by atoms with van der Waals surface area (Å²) in [6.45, 7) is 5.86. The minimum absolute atomic E-state index is 0.305. The molecule has 1 aromatic carbocycles. The molecule has 0 saturated carbocycles. The molecule has 0 bridgehead atoms. The number of rotatable bonds is 3. The molecule has 1 aliphatic heterocycles. The average molecular weight is 270 g/mol. The zero-order valence-electron chi connectivity index (χ0n) is 12.3. The van der Waals surface area contributed by atoms with Crippen molar-refractivity contribution in [2.45, 2.75) is 46.1 Å². The molecule has 0 radical (unpaired) electrons. The summed E-state index contributed by atoms with van der Waals surface area (Å²) in [5.74, 6) is 0.305. The summed E-state index contributed by atoms with van der Waals surface area (Å²) in [7, 11) is 0. The third kappa shape index (κ3) is 2.33. The second-order valence-electron chi connectivity index (χ2n) is 5.80. The van der Waals surface area contributed by atoms with Crippen molar-refractivity contribution < 1.29 is 4.79 Å². The fraction of sp³-hybridized carbons (Fsp3) is 0.471. The maximum absolute atomic E-state index is 12.2.